The summed E-state index contributed by atoms with van der Waals surface area (Å²) in [7, 11) is 3.33. The van der Waals surface area contributed by atoms with E-state index in [0.29, 0.717) is 19.3 Å². The molecule has 1 saturated heterocycles. The quantitative estimate of drug-likeness (QED) is 0.425. The average Bonchev–Trinajstić information content (AvgIpc) is 3.14. The molecule has 1 aromatic rings. The van der Waals surface area contributed by atoms with Gasteiger partial charge in [-0.15, -0.1) is 0 Å². The molecule has 1 aliphatic rings. The Labute approximate surface area is 180 Å². The molecule has 7 heteroatoms. The summed E-state index contributed by atoms with van der Waals surface area (Å²) in [6.45, 7) is 7.87. The Balaban J connectivity index is 2.12. The Morgan fingerprint density at radius 1 is 1.33 bits per heavy atom. The van der Waals surface area contributed by atoms with Gasteiger partial charge in [0.25, 0.3) is 0 Å². The first-order valence-corrected chi connectivity index (χ1v) is 11.0. The van der Waals surface area contributed by atoms with Crippen molar-refractivity contribution in [3.8, 4) is 0 Å². The van der Waals surface area contributed by atoms with E-state index in [1.54, 1.807) is 0 Å². The van der Waals surface area contributed by atoms with Gasteiger partial charge >= 0.3 is 5.97 Å². The van der Waals surface area contributed by atoms with Crippen LogP contribution in [0.15, 0.2) is 6.08 Å². The van der Waals surface area contributed by atoms with Crippen LogP contribution in [0.3, 0.4) is 0 Å². The smallest absolute Gasteiger partial charge is 0.305 e. The van der Waals surface area contributed by atoms with Gasteiger partial charge < -0.3 is 23.9 Å². The molecule has 30 heavy (non-hydrogen) atoms. The van der Waals surface area contributed by atoms with Crippen molar-refractivity contribution < 1.29 is 24.1 Å². The fourth-order valence-electron chi connectivity index (χ4n) is 3.88. The summed E-state index contributed by atoms with van der Waals surface area (Å²) >= 11 is 0. The molecule has 1 aromatic heterocycles. The maximum atomic E-state index is 11.4. The highest BCUT2D eigenvalue weighted by Crippen LogP contribution is 2.32. The van der Waals surface area contributed by atoms with Crippen molar-refractivity contribution >= 4 is 12.0 Å². The highest BCUT2D eigenvalue weighted by Gasteiger charge is 2.39. The monoisotopic (exact) mass is 422 g/mol. The number of aryl methyl sites for hydroxylation is 1. The summed E-state index contributed by atoms with van der Waals surface area (Å²) < 4.78 is 18.8. The number of esters is 1. The summed E-state index contributed by atoms with van der Waals surface area (Å²) in [5.41, 5.74) is 1.60. The van der Waals surface area contributed by atoms with Gasteiger partial charge in [0.2, 0.25) is 0 Å². The van der Waals surface area contributed by atoms with E-state index in [1.807, 2.05) is 44.5 Å². The van der Waals surface area contributed by atoms with Gasteiger partial charge in [-0.3, -0.25) is 4.79 Å². The number of nitrogens with zero attached hydrogens (tertiary/aromatic N) is 2. The molecule has 0 aliphatic carbocycles. The molecular formula is C23H38N2O5. The standard InChI is InChI=1S/C23H38N2O5/c1-7-8-9-11-18(26)22-17(24-16(2)25(22)5)14-15-20-19(29-23(3,4)30-20)12-10-13-21(27)28-6/h14-15,18-20,26H,7-13H2,1-6H3/b15-14+/t18-,19-,20+/m0/s1. The summed E-state index contributed by atoms with van der Waals surface area (Å²) in [4.78, 5) is 16.0. The SMILES string of the molecule is CCCCC[C@H](O)c1c(/C=C/[C@H]2OC(C)(C)O[C@H]2CCCC(=O)OC)nc(C)n1C. The predicted molar refractivity (Wildman–Crippen MR) is 116 cm³/mol. The molecule has 0 spiro atoms. The number of hydrogen-bond donors (Lipinski definition) is 1. The first-order valence-electron chi connectivity index (χ1n) is 11.0. The topological polar surface area (TPSA) is 82.8 Å². The number of rotatable bonds is 11. The van der Waals surface area contributed by atoms with Crippen molar-refractivity contribution in [3.63, 3.8) is 0 Å². The summed E-state index contributed by atoms with van der Waals surface area (Å²) in [5, 5.41) is 10.7. The van der Waals surface area contributed by atoms with E-state index in [1.165, 1.54) is 7.11 Å². The molecule has 3 atom stereocenters. The number of imidazole rings is 1. The number of aliphatic hydroxyl groups is 1. The van der Waals surface area contributed by atoms with E-state index in [9.17, 15) is 9.90 Å². The molecule has 1 N–H and O–H groups in total. The van der Waals surface area contributed by atoms with Gasteiger partial charge in [-0.2, -0.15) is 0 Å². The van der Waals surface area contributed by atoms with Gasteiger partial charge in [0, 0.05) is 13.5 Å². The first-order chi connectivity index (χ1) is 14.2. The van der Waals surface area contributed by atoms with Crippen LogP contribution in [-0.4, -0.2) is 45.7 Å². The molecule has 2 heterocycles. The van der Waals surface area contributed by atoms with Crippen LogP contribution in [-0.2, 0) is 26.1 Å². The zero-order valence-electron chi connectivity index (χ0n) is 19.3. The first kappa shape index (κ1) is 24.6. The van der Waals surface area contributed by atoms with Gasteiger partial charge in [-0.25, -0.2) is 4.98 Å². The van der Waals surface area contributed by atoms with E-state index in [4.69, 9.17) is 14.2 Å². The van der Waals surface area contributed by atoms with Gasteiger partial charge in [0.1, 0.15) is 11.9 Å². The lowest BCUT2D eigenvalue weighted by Crippen LogP contribution is -2.21. The van der Waals surface area contributed by atoms with Crippen molar-refractivity contribution in [1.82, 2.24) is 9.55 Å². The molecule has 0 radical (unpaired) electrons. The van der Waals surface area contributed by atoms with Crippen LogP contribution in [0.25, 0.3) is 6.08 Å². The second kappa shape index (κ2) is 11.1. The zero-order chi connectivity index (χ0) is 22.3. The largest absolute Gasteiger partial charge is 0.469 e. The van der Waals surface area contributed by atoms with E-state index < -0.39 is 11.9 Å². The molecule has 0 amide bonds. The molecule has 1 fully saturated rings. The highest BCUT2D eigenvalue weighted by atomic mass is 16.7. The van der Waals surface area contributed by atoms with Crippen LogP contribution in [0.4, 0.5) is 0 Å². The maximum Gasteiger partial charge on any atom is 0.305 e. The predicted octanol–water partition coefficient (Wildman–Crippen LogP) is 4.22. The lowest BCUT2D eigenvalue weighted by atomic mass is 10.0. The number of ether oxygens (including phenoxy) is 3. The van der Waals surface area contributed by atoms with E-state index >= 15 is 0 Å². The number of carbonyl (C=O) groups excluding carboxylic acids is 1. The third kappa shape index (κ3) is 6.65. The Kier molecular flexibility index (Phi) is 9.07. The van der Waals surface area contributed by atoms with Crippen molar-refractivity contribution in [1.29, 1.82) is 0 Å². The Morgan fingerprint density at radius 3 is 2.73 bits per heavy atom. The Morgan fingerprint density at radius 2 is 2.07 bits per heavy atom. The molecule has 0 bridgehead atoms. The maximum absolute atomic E-state index is 11.4. The number of unbranched alkanes of at least 4 members (excludes halogenated alkanes) is 2. The third-order valence-electron chi connectivity index (χ3n) is 5.55. The minimum absolute atomic E-state index is 0.149. The van der Waals surface area contributed by atoms with Crippen LogP contribution in [0.2, 0.25) is 0 Å². The number of methoxy groups -OCH3 is 1. The minimum atomic E-state index is -0.687. The molecule has 0 aromatic carbocycles. The summed E-state index contributed by atoms with van der Waals surface area (Å²) in [6, 6.07) is 0. The molecular weight excluding hydrogens is 384 g/mol. The van der Waals surface area contributed by atoms with E-state index in [0.717, 1.165) is 42.9 Å². The summed E-state index contributed by atoms with van der Waals surface area (Å²) in [6.07, 6.45) is 8.61. The number of hydrogen-bond acceptors (Lipinski definition) is 6. The number of aliphatic hydroxyl groups excluding tert-OH is 1. The van der Waals surface area contributed by atoms with Crippen molar-refractivity contribution in [3.05, 3.63) is 23.3 Å². The lowest BCUT2D eigenvalue weighted by molar-refractivity contribution is -0.144. The molecule has 7 nitrogen and oxygen atoms in total. The lowest BCUT2D eigenvalue weighted by Gasteiger charge is -2.16. The molecule has 2 rings (SSSR count). The van der Waals surface area contributed by atoms with Crippen LogP contribution in [0.1, 0.15) is 89.0 Å². The average molecular weight is 423 g/mol. The Bertz CT molecular complexity index is 725. The highest BCUT2D eigenvalue weighted by molar-refractivity contribution is 5.69. The number of carbonyl (C=O) groups is 1. The third-order valence-corrected chi connectivity index (χ3v) is 5.55. The van der Waals surface area contributed by atoms with Crippen molar-refractivity contribution in [2.45, 2.75) is 96.7 Å². The number of aromatic nitrogens is 2. The fraction of sp³-hybridized carbons (Fsp3) is 0.739. The van der Waals surface area contributed by atoms with Gasteiger partial charge in [-0.05, 0) is 46.1 Å². The Hall–Kier alpha value is -1.70. The summed E-state index contributed by atoms with van der Waals surface area (Å²) in [5.74, 6) is -0.0447. The second-order valence-electron chi connectivity index (χ2n) is 8.47. The molecule has 0 saturated carbocycles. The molecule has 0 unspecified atom stereocenters. The van der Waals surface area contributed by atoms with Gasteiger partial charge in [-0.1, -0.05) is 32.3 Å². The van der Waals surface area contributed by atoms with Crippen LogP contribution >= 0.6 is 0 Å². The van der Waals surface area contributed by atoms with Gasteiger partial charge in [0.15, 0.2) is 5.79 Å². The van der Waals surface area contributed by atoms with Crippen molar-refractivity contribution in [2.75, 3.05) is 7.11 Å². The second-order valence-corrected chi connectivity index (χ2v) is 8.47. The fourth-order valence-corrected chi connectivity index (χ4v) is 3.88. The van der Waals surface area contributed by atoms with Crippen LogP contribution in [0.5, 0.6) is 0 Å². The normalized spacial score (nSPS) is 22.0. The van der Waals surface area contributed by atoms with E-state index in [-0.39, 0.29) is 18.2 Å². The van der Waals surface area contributed by atoms with Crippen LogP contribution < -0.4 is 0 Å². The minimum Gasteiger partial charge on any atom is -0.469 e. The van der Waals surface area contributed by atoms with Crippen LogP contribution in [0, 0.1) is 6.92 Å². The van der Waals surface area contributed by atoms with Crippen molar-refractivity contribution in [2.24, 2.45) is 7.05 Å². The van der Waals surface area contributed by atoms with Gasteiger partial charge in [0.05, 0.1) is 30.7 Å². The molecule has 1 aliphatic heterocycles. The van der Waals surface area contributed by atoms with E-state index in [2.05, 4.69) is 11.9 Å². The zero-order valence-corrected chi connectivity index (χ0v) is 19.3. The molecule has 170 valence electrons.